The van der Waals surface area contributed by atoms with Gasteiger partial charge in [-0.15, -0.1) is 0 Å². The van der Waals surface area contributed by atoms with Crippen molar-refractivity contribution >= 4 is 33.4 Å². The highest BCUT2D eigenvalue weighted by molar-refractivity contribution is 7.89. The molecule has 1 aliphatic heterocycles. The summed E-state index contributed by atoms with van der Waals surface area (Å²) < 4.78 is 38.0. The number of hydrogen-bond donors (Lipinski definition) is 1. The topological polar surface area (TPSA) is 126 Å². The highest BCUT2D eigenvalue weighted by Crippen LogP contribution is 2.29. The van der Waals surface area contributed by atoms with Gasteiger partial charge in [0.05, 0.1) is 33.9 Å². The standard InChI is InChI=1S/C26H35N3O7S/c1-6-29(7-2)37(33,34)19-11-12-21(28-13-9-10-14-28)20(15-19)25(31)36-16-22(30)23-17(4)27-18(5)24(23)26(32)35-8-3/h11-12,15,27H,6-10,13-14,16H2,1-5H3. The number of aromatic amines is 1. The molecule has 0 saturated carbocycles. The lowest BCUT2D eigenvalue weighted by molar-refractivity contribution is 0.0472. The van der Waals surface area contributed by atoms with Crippen LogP contribution in [-0.2, 0) is 19.5 Å². The maximum atomic E-state index is 13.2. The molecule has 0 unspecified atom stereocenters. The van der Waals surface area contributed by atoms with Crippen LogP contribution in [0.2, 0.25) is 0 Å². The average Bonchev–Trinajstić information content (AvgIpc) is 3.50. The molecule has 1 saturated heterocycles. The molecule has 1 fully saturated rings. The van der Waals surface area contributed by atoms with Gasteiger partial charge >= 0.3 is 11.9 Å². The highest BCUT2D eigenvalue weighted by Gasteiger charge is 2.29. The second-order valence-corrected chi connectivity index (χ2v) is 10.7. The molecule has 0 atom stereocenters. The van der Waals surface area contributed by atoms with E-state index in [2.05, 4.69) is 4.98 Å². The van der Waals surface area contributed by atoms with Crippen molar-refractivity contribution in [3.8, 4) is 0 Å². The maximum Gasteiger partial charge on any atom is 0.340 e. The van der Waals surface area contributed by atoms with Gasteiger partial charge in [0.1, 0.15) is 0 Å². The maximum absolute atomic E-state index is 13.2. The van der Waals surface area contributed by atoms with Crippen molar-refractivity contribution in [2.45, 2.75) is 52.4 Å². The van der Waals surface area contributed by atoms with Crippen LogP contribution in [0.15, 0.2) is 23.1 Å². The summed E-state index contributed by atoms with van der Waals surface area (Å²) in [7, 11) is -3.81. The number of carbonyl (C=O) groups excluding carboxylic acids is 3. The number of esters is 2. The first-order valence-corrected chi connectivity index (χ1v) is 14.0. The van der Waals surface area contributed by atoms with Crippen LogP contribution >= 0.6 is 0 Å². The molecule has 1 aliphatic rings. The number of nitrogens with one attached hydrogen (secondary N) is 1. The first kappa shape index (κ1) is 28.4. The molecule has 1 aromatic carbocycles. The number of aromatic nitrogens is 1. The van der Waals surface area contributed by atoms with Crippen molar-refractivity contribution < 1.29 is 32.3 Å². The smallest absolute Gasteiger partial charge is 0.340 e. The number of aryl methyl sites for hydroxylation is 2. The van der Waals surface area contributed by atoms with E-state index >= 15 is 0 Å². The minimum absolute atomic E-state index is 0.0147. The van der Waals surface area contributed by atoms with Gasteiger partial charge in [0.2, 0.25) is 15.8 Å². The Hall–Kier alpha value is -3.18. The number of nitrogens with zero attached hydrogens (tertiary/aromatic N) is 2. The number of hydrogen-bond acceptors (Lipinski definition) is 8. The molecule has 11 heteroatoms. The van der Waals surface area contributed by atoms with E-state index in [4.69, 9.17) is 9.47 Å². The average molecular weight is 534 g/mol. The van der Waals surface area contributed by atoms with Gasteiger partial charge in [-0.05, 0) is 51.8 Å². The zero-order valence-corrected chi connectivity index (χ0v) is 22.9. The molecule has 2 heterocycles. The molecule has 0 amide bonds. The van der Waals surface area contributed by atoms with E-state index in [9.17, 15) is 22.8 Å². The molecule has 1 aromatic heterocycles. The highest BCUT2D eigenvalue weighted by atomic mass is 32.2. The Morgan fingerprint density at radius 3 is 2.16 bits per heavy atom. The molecule has 0 bridgehead atoms. The lowest BCUT2D eigenvalue weighted by Gasteiger charge is -2.23. The van der Waals surface area contributed by atoms with Crippen LogP contribution in [0.1, 0.15) is 76.1 Å². The van der Waals surface area contributed by atoms with Crippen LogP contribution < -0.4 is 4.90 Å². The summed E-state index contributed by atoms with van der Waals surface area (Å²) in [6.07, 6.45) is 1.91. The van der Waals surface area contributed by atoms with Crippen LogP contribution in [0.4, 0.5) is 5.69 Å². The van der Waals surface area contributed by atoms with Gasteiger partial charge in [-0.3, -0.25) is 4.79 Å². The van der Waals surface area contributed by atoms with E-state index in [1.54, 1.807) is 40.7 Å². The van der Waals surface area contributed by atoms with Gasteiger partial charge in [0.15, 0.2) is 6.61 Å². The van der Waals surface area contributed by atoms with Crippen molar-refractivity contribution in [3.63, 3.8) is 0 Å². The second-order valence-electron chi connectivity index (χ2n) is 8.81. The van der Waals surface area contributed by atoms with Gasteiger partial charge < -0.3 is 19.4 Å². The Morgan fingerprint density at radius 2 is 1.57 bits per heavy atom. The van der Waals surface area contributed by atoms with Crippen LogP contribution in [-0.4, -0.2) is 74.8 Å². The van der Waals surface area contributed by atoms with Gasteiger partial charge in [-0.2, -0.15) is 4.31 Å². The number of ketones is 1. The lowest BCUT2D eigenvalue weighted by Crippen LogP contribution is -2.31. The molecule has 0 radical (unpaired) electrons. The molecular formula is C26H35N3O7S. The second kappa shape index (κ2) is 11.9. The fraction of sp³-hybridized carbons (Fsp3) is 0.500. The number of carbonyl (C=O) groups is 3. The number of Topliss-reactive ketones (excluding diaryl/α,β-unsaturated/α-hetero) is 1. The number of ether oxygens (including phenoxy) is 2. The van der Waals surface area contributed by atoms with Crippen molar-refractivity contribution in [1.82, 2.24) is 9.29 Å². The summed E-state index contributed by atoms with van der Waals surface area (Å²) in [6.45, 7) is 10.0. The van der Waals surface area contributed by atoms with Crippen molar-refractivity contribution in [2.75, 3.05) is 44.3 Å². The number of benzene rings is 1. The molecule has 0 aliphatic carbocycles. The minimum atomic E-state index is -3.81. The summed E-state index contributed by atoms with van der Waals surface area (Å²) in [4.78, 5) is 43.7. The number of anilines is 1. The van der Waals surface area contributed by atoms with Crippen LogP contribution in [0, 0.1) is 13.8 Å². The predicted octanol–water partition coefficient (Wildman–Crippen LogP) is 3.48. The molecular weight excluding hydrogens is 498 g/mol. The Balaban J connectivity index is 1.92. The molecule has 1 N–H and O–H groups in total. The third-order valence-electron chi connectivity index (χ3n) is 6.45. The van der Waals surface area contributed by atoms with Crippen LogP contribution in [0.3, 0.4) is 0 Å². The molecule has 2 aromatic rings. The summed E-state index contributed by atoms with van der Waals surface area (Å²) in [5.41, 5.74) is 1.82. The Labute approximate surface area is 218 Å². The summed E-state index contributed by atoms with van der Waals surface area (Å²) in [5, 5.41) is 0. The van der Waals surface area contributed by atoms with E-state index < -0.39 is 34.4 Å². The largest absolute Gasteiger partial charge is 0.462 e. The summed E-state index contributed by atoms with van der Waals surface area (Å²) >= 11 is 0. The summed E-state index contributed by atoms with van der Waals surface area (Å²) in [6, 6.07) is 4.45. The van der Waals surface area contributed by atoms with Crippen LogP contribution in [0.25, 0.3) is 0 Å². The first-order valence-electron chi connectivity index (χ1n) is 12.5. The van der Waals surface area contributed by atoms with Crippen LogP contribution in [0.5, 0.6) is 0 Å². The van der Waals surface area contributed by atoms with Crippen molar-refractivity contribution in [3.05, 3.63) is 46.3 Å². The monoisotopic (exact) mass is 533 g/mol. The third kappa shape index (κ3) is 5.88. The Bertz CT molecular complexity index is 1270. The first-order chi connectivity index (χ1) is 17.6. The number of H-pyrrole nitrogens is 1. The Kier molecular flexibility index (Phi) is 9.14. The van der Waals surface area contributed by atoms with Gasteiger partial charge in [0, 0.05) is 37.6 Å². The lowest BCUT2D eigenvalue weighted by atomic mass is 10.1. The third-order valence-corrected chi connectivity index (χ3v) is 8.49. The number of rotatable bonds is 11. The predicted molar refractivity (Wildman–Crippen MR) is 139 cm³/mol. The van der Waals surface area contributed by atoms with Crippen molar-refractivity contribution in [2.24, 2.45) is 0 Å². The van der Waals surface area contributed by atoms with E-state index in [-0.39, 0.29) is 28.2 Å². The molecule has 10 nitrogen and oxygen atoms in total. The zero-order valence-electron chi connectivity index (χ0n) is 22.0. The van der Waals surface area contributed by atoms with Gasteiger partial charge in [-0.1, -0.05) is 13.8 Å². The van der Waals surface area contributed by atoms with E-state index in [0.717, 1.165) is 25.9 Å². The normalized spacial score (nSPS) is 13.7. The number of sulfonamides is 1. The van der Waals surface area contributed by atoms with E-state index in [1.807, 2.05) is 4.90 Å². The molecule has 37 heavy (non-hydrogen) atoms. The van der Waals surface area contributed by atoms with Gasteiger partial charge in [-0.25, -0.2) is 18.0 Å². The SMILES string of the molecule is CCOC(=O)c1c(C)[nH]c(C)c1C(=O)COC(=O)c1cc(S(=O)(=O)N(CC)CC)ccc1N1CCCC1. The van der Waals surface area contributed by atoms with Gasteiger partial charge in [0.25, 0.3) is 0 Å². The quantitative estimate of drug-likeness (QED) is 0.344. The Morgan fingerprint density at radius 1 is 0.946 bits per heavy atom. The van der Waals surface area contributed by atoms with Crippen molar-refractivity contribution in [1.29, 1.82) is 0 Å². The zero-order chi connectivity index (χ0) is 27.3. The molecule has 202 valence electrons. The summed E-state index contributed by atoms with van der Waals surface area (Å²) in [5.74, 6) is -2.01. The molecule has 0 spiro atoms. The molecule has 3 rings (SSSR count). The van der Waals surface area contributed by atoms with E-state index in [0.29, 0.717) is 30.2 Å². The minimum Gasteiger partial charge on any atom is -0.462 e. The fourth-order valence-corrected chi connectivity index (χ4v) is 6.14. The fourth-order valence-electron chi connectivity index (χ4n) is 4.65. The van der Waals surface area contributed by atoms with E-state index in [1.165, 1.54) is 16.4 Å².